The molecule has 1 amide bonds. The molecule has 0 aromatic heterocycles. The highest BCUT2D eigenvalue weighted by Crippen LogP contribution is 2.18. The van der Waals surface area contributed by atoms with E-state index in [1.165, 1.54) is 24.3 Å². The molecule has 0 saturated carbocycles. The van der Waals surface area contributed by atoms with Crippen LogP contribution in [0.1, 0.15) is 39.2 Å². The average Bonchev–Trinajstić information content (AvgIpc) is 2.75. The van der Waals surface area contributed by atoms with E-state index in [1.54, 1.807) is 45.0 Å². The minimum atomic E-state index is -1.21. The number of alkyl carbamates (subject to hydrolysis) is 1. The van der Waals surface area contributed by atoms with Gasteiger partial charge in [0.15, 0.2) is 0 Å². The van der Waals surface area contributed by atoms with Crippen LogP contribution in [0, 0.1) is 10.1 Å². The molecule has 1 N–H and O–H groups in total. The number of amides is 1. The summed E-state index contributed by atoms with van der Waals surface area (Å²) in [5.41, 5.74) is -0.112. The van der Waals surface area contributed by atoms with Crippen LogP contribution in [0.25, 0.3) is 0 Å². The third-order valence-electron chi connectivity index (χ3n) is 4.11. The molecule has 1 atom stereocenters. The van der Waals surface area contributed by atoms with Gasteiger partial charge in [0.1, 0.15) is 24.0 Å². The maximum absolute atomic E-state index is 12.7. The molecular formula is C23H26N2O8. The van der Waals surface area contributed by atoms with E-state index in [0.29, 0.717) is 0 Å². The van der Waals surface area contributed by atoms with Gasteiger partial charge >= 0.3 is 18.0 Å². The minimum Gasteiger partial charge on any atom is -0.460 e. The van der Waals surface area contributed by atoms with Gasteiger partial charge in [0.2, 0.25) is 0 Å². The first-order valence-corrected chi connectivity index (χ1v) is 10.2. The van der Waals surface area contributed by atoms with Crippen molar-refractivity contribution < 1.29 is 33.5 Å². The van der Waals surface area contributed by atoms with Gasteiger partial charge in [0.05, 0.1) is 4.92 Å². The fourth-order valence-electron chi connectivity index (χ4n) is 2.63. The summed E-state index contributed by atoms with van der Waals surface area (Å²) >= 11 is 0. The number of nitrogens with zero attached hydrogens (tertiary/aromatic N) is 1. The van der Waals surface area contributed by atoms with Crippen molar-refractivity contribution in [2.75, 3.05) is 0 Å². The quantitative estimate of drug-likeness (QED) is 0.259. The lowest BCUT2D eigenvalue weighted by molar-refractivity contribution is -0.384. The zero-order valence-corrected chi connectivity index (χ0v) is 18.6. The first-order chi connectivity index (χ1) is 15.5. The van der Waals surface area contributed by atoms with Crippen LogP contribution in [-0.4, -0.2) is 34.6 Å². The van der Waals surface area contributed by atoms with E-state index in [2.05, 4.69) is 5.32 Å². The molecule has 0 heterocycles. The summed E-state index contributed by atoms with van der Waals surface area (Å²) in [6, 6.07) is 12.6. The van der Waals surface area contributed by atoms with Gasteiger partial charge in [-0.05, 0) is 44.9 Å². The molecule has 10 nitrogen and oxygen atoms in total. The largest absolute Gasteiger partial charge is 0.460 e. The maximum Gasteiger partial charge on any atom is 0.408 e. The van der Waals surface area contributed by atoms with Crippen molar-refractivity contribution in [1.29, 1.82) is 0 Å². The molecule has 0 aliphatic heterocycles. The molecule has 2 aromatic carbocycles. The van der Waals surface area contributed by atoms with Crippen LogP contribution < -0.4 is 10.1 Å². The lowest BCUT2D eigenvalue weighted by Crippen LogP contribution is -2.43. The van der Waals surface area contributed by atoms with Crippen molar-refractivity contribution in [3.8, 4) is 5.75 Å². The number of carbonyl (C=O) groups excluding carboxylic acids is 3. The van der Waals surface area contributed by atoms with Crippen molar-refractivity contribution in [3.05, 3.63) is 70.3 Å². The van der Waals surface area contributed by atoms with E-state index in [9.17, 15) is 24.5 Å². The summed E-state index contributed by atoms with van der Waals surface area (Å²) in [6.07, 6.45) is -1.12. The van der Waals surface area contributed by atoms with Crippen molar-refractivity contribution in [2.24, 2.45) is 0 Å². The third-order valence-corrected chi connectivity index (χ3v) is 4.11. The number of benzene rings is 2. The SMILES string of the molecule is CC(C)(C)OC(=O)CC[C@@H](NC(=O)OCc1ccccc1)C(=O)Oc1ccc([N+](=O)[O-])cc1. The Labute approximate surface area is 191 Å². The molecule has 10 heteroatoms. The Balaban J connectivity index is 2.02. The molecule has 2 aromatic rings. The second kappa shape index (κ2) is 11.6. The molecule has 0 saturated heterocycles. The van der Waals surface area contributed by atoms with Crippen LogP contribution in [0.3, 0.4) is 0 Å². The highest BCUT2D eigenvalue weighted by atomic mass is 16.6. The highest BCUT2D eigenvalue weighted by molar-refractivity contribution is 5.83. The minimum absolute atomic E-state index is 0.0111. The number of ether oxygens (including phenoxy) is 3. The monoisotopic (exact) mass is 458 g/mol. The van der Waals surface area contributed by atoms with Gasteiger partial charge in [-0.2, -0.15) is 0 Å². The molecule has 0 aliphatic carbocycles. The Morgan fingerprint density at radius 1 is 1.03 bits per heavy atom. The summed E-state index contributed by atoms with van der Waals surface area (Å²) in [6.45, 7) is 5.13. The first-order valence-electron chi connectivity index (χ1n) is 10.2. The Kier molecular flexibility index (Phi) is 8.90. The molecule has 0 spiro atoms. The van der Waals surface area contributed by atoms with Crippen LogP contribution >= 0.6 is 0 Å². The molecule has 176 valence electrons. The van der Waals surface area contributed by atoms with E-state index in [1.807, 2.05) is 6.07 Å². The average molecular weight is 458 g/mol. The van der Waals surface area contributed by atoms with Gasteiger partial charge in [0, 0.05) is 18.6 Å². The predicted molar refractivity (Wildman–Crippen MR) is 117 cm³/mol. The Morgan fingerprint density at radius 3 is 2.24 bits per heavy atom. The van der Waals surface area contributed by atoms with Crippen LogP contribution in [0.15, 0.2) is 54.6 Å². The zero-order chi connectivity index (χ0) is 24.4. The zero-order valence-electron chi connectivity index (χ0n) is 18.6. The second-order valence-electron chi connectivity index (χ2n) is 8.06. The van der Waals surface area contributed by atoms with Gasteiger partial charge in [-0.3, -0.25) is 14.9 Å². The molecule has 0 aliphatic rings. The van der Waals surface area contributed by atoms with Crippen molar-refractivity contribution >= 4 is 23.7 Å². The number of nitro benzene ring substituents is 1. The number of carbonyl (C=O) groups is 3. The van der Waals surface area contributed by atoms with Crippen LogP contribution in [0.4, 0.5) is 10.5 Å². The summed E-state index contributed by atoms with van der Waals surface area (Å²) in [5, 5.41) is 13.2. The van der Waals surface area contributed by atoms with Crippen molar-refractivity contribution in [2.45, 2.75) is 51.9 Å². The van der Waals surface area contributed by atoms with Crippen LogP contribution in [0.5, 0.6) is 5.75 Å². The van der Waals surface area contributed by atoms with Crippen molar-refractivity contribution in [1.82, 2.24) is 5.32 Å². The molecule has 0 bridgehead atoms. The third kappa shape index (κ3) is 9.38. The van der Waals surface area contributed by atoms with Crippen LogP contribution in [-0.2, 0) is 25.7 Å². The van der Waals surface area contributed by atoms with Gasteiger partial charge in [-0.15, -0.1) is 0 Å². The summed E-state index contributed by atoms with van der Waals surface area (Å²) in [4.78, 5) is 47.1. The van der Waals surface area contributed by atoms with Gasteiger partial charge in [0.25, 0.3) is 5.69 Å². The van der Waals surface area contributed by atoms with E-state index < -0.39 is 34.6 Å². The topological polar surface area (TPSA) is 134 Å². The smallest absolute Gasteiger partial charge is 0.408 e. The van der Waals surface area contributed by atoms with E-state index in [4.69, 9.17) is 14.2 Å². The molecule has 0 radical (unpaired) electrons. The van der Waals surface area contributed by atoms with E-state index >= 15 is 0 Å². The predicted octanol–water partition coefficient (Wildman–Crippen LogP) is 3.92. The lowest BCUT2D eigenvalue weighted by atomic mass is 10.1. The summed E-state index contributed by atoms with van der Waals surface area (Å²) in [5.74, 6) is -1.36. The summed E-state index contributed by atoms with van der Waals surface area (Å²) in [7, 11) is 0. The number of nitro groups is 1. The molecule has 0 unspecified atom stereocenters. The Hall–Kier alpha value is -3.95. The van der Waals surface area contributed by atoms with E-state index in [0.717, 1.165) is 5.56 Å². The summed E-state index contributed by atoms with van der Waals surface area (Å²) < 4.78 is 15.6. The van der Waals surface area contributed by atoms with Gasteiger partial charge < -0.3 is 19.5 Å². The molecular weight excluding hydrogens is 432 g/mol. The number of hydrogen-bond donors (Lipinski definition) is 1. The highest BCUT2D eigenvalue weighted by Gasteiger charge is 2.26. The number of non-ortho nitro benzene ring substituents is 1. The normalized spacial score (nSPS) is 11.7. The standard InChI is InChI=1S/C23H26N2O8/c1-23(2,3)33-20(26)14-13-19(24-22(28)31-15-16-7-5-4-6-8-16)21(27)32-18-11-9-17(10-12-18)25(29)30/h4-12,19H,13-15H2,1-3H3,(H,24,28)/t19-/m1/s1. The van der Waals surface area contributed by atoms with Crippen LogP contribution in [0.2, 0.25) is 0 Å². The fourth-order valence-corrected chi connectivity index (χ4v) is 2.63. The van der Waals surface area contributed by atoms with E-state index in [-0.39, 0.29) is 30.9 Å². The number of esters is 2. The maximum atomic E-state index is 12.7. The molecule has 2 rings (SSSR count). The fraction of sp³-hybridized carbons (Fsp3) is 0.348. The van der Waals surface area contributed by atoms with Crippen molar-refractivity contribution in [3.63, 3.8) is 0 Å². The number of hydrogen-bond acceptors (Lipinski definition) is 8. The Bertz CT molecular complexity index is 968. The number of nitrogens with one attached hydrogen (secondary N) is 1. The lowest BCUT2D eigenvalue weighted by Gasteiger charge is -2.21. The molecule has 33 heavy (non-hydrogen) atoms. The van der Waals surface area contributed by atoms with Gasteiger partial charge in [-0.1, -0.05) is 30.3 Å². The van der Waals surface area contributed by atoms with Gasteiger partial charge in [-0.25, -0.2) is 9.59 Å². The number of rotatable bonds is 9. The Morgan fingerprint density at radius 2 is 1.67 bits per heavy atom. The molecule has 0 fully saturated rings. The second-order valence-corrected chi connectivity index (χ2v) is 8.06. The first kappa shape index (κ1) is 25.3.